The van der Waals surface area contributed by atoms with E-state index in [1.165, 1.54) is 11.3 Å². The smallest absolute Gasteiger partial charge is 0.260 e. The summed E-state index contributed by atoms with van der Waals surface area (Å²) in [6.07, 6.45) is 0.876. The molecule has 0 atom stereocenters. The fourth-order valence-electron chi connectivity index (χ4n) is 3.01. The number of halogens is 1. The van der Waals surface area contributed by atoms with Crippen molar-refractivity contribution in [3.63, 3.8) is 0 Å². The number of methoxy groups -OCH3 is 1. The van der Waals surface area contributed by atoms with Crippen LogP contribution in [0.3, 0.4) is 0 Å². The molecule has 0 aliphatic heterocycles. The fraction of sp³-hybridized carbons (Fsp3) is 0.364. The number of rotatable bonds is 9. The molecule has 1 aromatic heterocycles. The van der Waals surface area contributed by atoms with Gasteiger partial charge in [0, 0.05) is 17.0 Å². The molecule has 0 aliphatic carbocycles. The normalized spacial score (nSPS) is 10.8. The molecule has 0 spiro atoms. The molecule has 0 fully saturated rings. The van der Waals surface area contributed by atoms with E-state index in [1.807, 2.05) is 61.5 Å². The van der Waals surface area contributed by atoms with Gasteiger partial charge in [-0.25, -0.2) is 4.98 Å². The number of anilines is 1. The van der Waals surface area contributed by atoms with E-state index in [2.05, 4.69) is 11.8 Å². The Morgan fingerprint density at radius 2 is 1.97 bits per heavy atom. The van der Waals surface area contributed by atoms with Gasteiger partial charge < -0.3 is 9.64 Å². The molecule has 3 rings (SSSR count). The van der Waals surface area contributed by atoms with E-state index in [-0.39, 0.29) is 18.3 Å². The van der Waals surface area contributed by atoms with Gasteiger partial charge in [0.15, 0.2) is 5.13 Å². The molecule has 0 radical (unpaired) electrons. The Labute approximate surface area is 192 Å². The van der Waals surface area contributed by atoms with Crippen molar-refractivity contribution in [3.05, 3.63) is 48.0 Å². The number of fused-ring (bicyclic) bond motifs is 1. The zero-order valence-electron chi connectivity index (χ0n) is 17.8. The van der Waals surface area contributed by atoms with Gasteiger partial charge in [0.05, 0.1) is 17.3 Å². The second kappa shape index (κ2) is 11.6. The largest absolute Gasteiger partial charge is 0.497 e. The molecule has 1 amide bonds. The molecule has 162 valence electrons. The maximum Gasteiger partial charge on any atom is 0.260 e. The predicted molar refractivity (Wildman–Crippen MR) is 131 cm³/mol. The van der Waals surface area contributed by atoms with Gasteiger partial charge >= 0.3 is 0 Å². The van der Waals surface area contributed by atoms with Crippen molar-refractivity contribution in [1.29, 1.82) is 0 Å². The Morgan fingerprint density at radius 1 is 1.17 bits per heavy atom. The van der Waals surface area contributed by atoms with Crippen LogP contribution in [0.1, 0.15) is 23.7 Å². The van der Waals surface area contributed by atoms with Crippen LogP contribution < -0.4 is 9.64 Å². The fourth-order valence-corrected chi connectivity index (χ4v) is 4.74. The first-order valence-electron chi connectivity index (χ1n) is 9.66. The second-order valence-corrected chi connectivity index (χ2v) is 9.25. The van der Waals surface area contributed by atoms with Crippen LogP contribution >= 0.6 is 35.5 Å². The lowest BCUT2D eigenvalue weighted by Crippen LogP contribution is -2.33. The molecule has 30 heavy (non-hydrogen) atoms. The van der Waals surface area contributed by atoms with E-state index in [4.69, 9.17) is 9.72 Å². The van der Waals surface area contributed by atoms with Gasteiger partial charge in [0.2, 0.25) is 0 Å². The summed E-state index contributed by atoms with van der Waals surface area (Å²) < 4.78 is 6.34. The molecule has 0 bridgehead atoms. The number of aromatic nitrogens is 1. The topological polar surface area (TPSA) is 45.7 Å². The number of amides is 1. The summed E-state index contributed by atoms with van der Waals surface area (Å²) in [5.74, 6) is 1.76. The third-order valence-electron chi connectivity index (χ3n) is 4.44. The van der Waals surface area contributed by atoms with E-state index in [1.54, 1.807) is 18.9 Å². The highest BCUT2D eigenvalue weighted by Crippen LogP contribution is 2.32. The van der Waals surface area contributed by atoms with Crippen LogP contribution in [0.25, 0.3) is 10.2 Å². The third kappa shape index (κ3) is 6.11. The zero-order valence-corrected chi connectivity index (χ0v) is 20.2. The van der Waals surface area contributed by atoms with Gasteiger partial charge in [-0.3, -0.25) is 9.69 Å². The molecule has 0 unspecified atom stereocenters. The molecule has 3 aromatic rings. The lowest BCUT2D eigenvalue weighted by Gasteiger charge is -2.21. The van der Waals surface area contributed by atoms with Gasteiger partial charge in [-0.1, -0.05) is 24.3 Å². The highest BCUT2D eigenvalue weighted by Gasteiger charge is 2.21. The van der Waals surface area contributed by atoms with E-state index in [9.17, 15) is 4.79 Å². The Kier molecular flexibility index (Phi) is 9.42. The first-order chi connectivity index (χ1) is 14.0. The monoisotopic (exact) mass is 465 g/mol. The predicted octanol–water partition coefficient (Wildman–Crippen LogP) is 5.44. The lowest BCUT2D eigenvalue weighted by molar-refractivity contribution is 0.0986. The first-order valence-corrected chi connectivity index (χ1v) is 11.5. The van der Waals surface area contributed by atoms with E-state index < -0.39 is 0 Å². The summed E-state index contributed by atoms with van der Waals surface area (Å²) in [4.78, 5) is 23.2. The molecule has 0 saturated carbocycles. The Bertz CT molecular complexity index is 978. The number of hydrogen-bond acceptors (Lipinski definition) is 6. The number of carbonyl (C=O) groups is 1. The van der Waals surface area contributed by atoms with Crippen LogP contribution in [-0.2, 0) is 0 Å². The van der Waals surface area contributed by atoms with Crippen LogP contribution in [0.5, 0.6) is 5.75 Å². The quantitative estimate of drug-likeness (QED) is 0.394. The van der Waals surface area contributed by atoms with Crippen molar-refractivity contribution in [3.8, 4) is 5.75 Å². The van der Waals surface area contributed by atoms with E-state index in [0.29, 0.717) is 12.1 Å². The van der Waals surface area contributed by atoms with Crippen LogP contribution in [0.4, 0.5) is 5.13 Å². The highest BCUT2D eigenvalue weighted by atomic mass is 35.5. The number of ether oxygens (including phenoxy) is 1. The van der Waals surface area contributed by atoms with Gasteiger partial charge in [0.1, 0.15) is 5.75 Å². The standard InChI is InChI=1S/C22H27N3O2S2.ClH/c1-5-28-18-9-6-8-16(14-18)21(26)25(13-7-12-24(2)3)22-23-19-11-10-17(27-4)15-20(19)29-22;/h6,8-11,14-15H,5,7,12-13H2,1-4H3;1H. The van der Waals surface area contributed by atoms with Crippen LogP contribution in [0, 0.1) is 0 Å². The average Bonchev–Trinajstić information content (AvgIpc) is 3.13. The number of nitrogens with zero attached hydrogens (tertiary/aromatic N) is 3. The summed E-state index contributed by atoms with van der Waals surface area (Å²) >= 11 is 3.27. The van der Waals surface area contributed by atoms with Crippen molar-refractivity contribution >= 4 is 56.8 Å². The van der Waals surface area contributed by atoms with Crippen LogP contribution in [0.15, 0.2) is 47.4 Å². The lowest BCUT2D eigenvalue weighted by atomic mass is 10.2. The molecule has 0 aliphatic rings. The maximum absolute atomic E-state index is 13.4. The minimum absolute atomic E-state index is 0. The molecular weight excluding hydrogens is 438 g/mol. The number of benzene rings is 2. The number of hydrogen-bond donors (Lipinski definition) is 0. The number of carbonyl (C=O) groups excluding carboxylic acids is 1. The van der Waals surface area contributed by atoms with Crippen molar-refractivity contribution in [2.75, 3.05) is 44.9 Å². The van der Waals surface area contributed by atoms with Crippen molar-refractivity contribution in [2.24, 2.45) is 0 Å². The Morgan fingerprint density at radius 3 is 2.67 bits per heavy atom. The van der Waals surface area contributed by atoms with Gasteiger partial charge in [-0.05, 0) is 69.2 Å². The van der Waals surface area contributed by atoms with Crippen LogP contribution in [0.2, 0.25) is 0 Å². The van der Waals surface area contributed by atoms with Gasteiger partial charge in [-0.15, -0.1) is 24.2 Å². The Balaban J connectivity index is 0.00000320. The van der Waals surface area contributed by atoms with Gasteiger partial charge in [-0.2, -0.15) is 0 Å². The second-order valence-electron chi connectivity index (χ2n) is 6.90. The van der Waals surface area contributed by atoms with E-state index in [0.717, 1.165) is 44.7 Å². The van der Waals surface area contributed by atoms with Crippen molar-refractivity contribution < 1.29 is 9.53 Å². The van der Waals surface area contributed by atoms with E-state index >= 15 is 0 Å². The minimum atomic E-state index is -0.00618. The SMILES string of the molecule is CCSc1cccc(C(=O)N(CCCN(C)C)c2nc3ccc(OC)cc3s2)c1.Cl. The highest BCUT2D eigenvalue weighted by molar-refractivity contribution is 7.99. The zero-order chi connectivity index (χ0) is 20.8. The molecule has 1 heterocycles. The minimum Gasteiger partial charge on any atom is -0.497 e. The number of thioether (sulfide) groups is 1. The number of thiazole rings is 1. The maximum atomic E-state index is 13.4. The molecule has 8 heteroatoms. The summed E-state index contributed by atoms with van der Waals surface area (Å²) in [6, 6.07) is 13.7. The van der Waals surface area contributed by atoms with Crippen molar-refractivity contribution in [1.82, 2.24) is 9.88 Å². The summed E-state index contributed by atoms with van der Waals surface area (Å²) in [7, 11) is 5.74. The van der Waals surface area contributed by atoms with Crippen molar-refractivity contribution in [2.45, 2.75) is 18.2 Å². The first kappa shape index (κ1) is 24.5. The van der Waals surface area contributed by atoms with Gasteiger partial charge in [0.25, 0.3) is 5.91 Å². The summed E-state index contributed by atoms with van der Waals surface area (Å²) in [5, 5.41) is 0.727. The van der Waals surface area contributed by atoms with Crippen LogP contribution in [-0.4, -0.2) is 55.8 Å². The molecular formula is C22H28ClN3O2S2. The Hall–Kier alpha value is -1.80. The third-order valence-corrected chi connectivity index (χ3v) is 6.36. The molecule has 0 N–H and O–H groups in total. The molecule has 0 saturated heterocycles. The molecule has 2 aromatic carbocycles. The average molecular weight is 466 g/mol. The summed E-state index contributed by atoms with van der Waals surface area (Å²) in [6.45, 7) is 3.65. The summed E-state index contributed by atoms with van der Waals surface area (Å²) in [5.41, 5.74) is 1.58. The molecule has 5 nitrogen and oxygen atoms in total.